The van der Waals surface area contributed by atoms with Crippen LogP contribution in [0.15, 0.2) is 23.8 Å². The van der Waals surface area contributed by atoms with Gasteiger partial charge in [0.2, 0.25) is 0 Å². The quantitative estimate of drug-likeness (QED) is 0.796. The van der Waals surface area contributed by atoms with Crippen LogP contribution in [0.4, 0.5) is 8.78 Å². The van der Waals surface area contributed by atoms with Crippen molar-refractivity contribution in [3.63, 3.8) is 0 Å². The Bertz CT molecular complexity index is 498. The smallest absolute Gasteiger partial charge is 0.134 e. The summed E-state index contributed by atoms with van der Waals surface area (Å²) in [5.74, 6) is -1.30. The number of hydrogen-bond donors (Lipinski definition) is 1. The number of halogens is 3. The Balaban J connectivity index is 0.00000162. The van der Waals surface area contributed by atoms with Crippen molar-refractivity contribution in [2.75, 3.05) is 13.1 Å². The van der Waals surface area contributed by atoms with Gasteiger partial charge in [0.25, 0.3) is 0 Å². The van der Waals surface area contributed by atoms with Gasteiger partial charge in [-0.2, -0.15) is 5.26 Å². The van der Waals surface area contributed by atoms with Gasteiger partial charge in [-0.1, -0.05) is 0 Å². The molecule has 0 spiro atoms. The second-order valence-electron chi connectivity index (χ2n) is 3.96. The molecule has 5 heteroatoms. The summed E-state index contributed by atoms with van der Waals surface area (Å²) in [7, 11) is 0. The van der Waals surface area contributed by atoms with E-state index in [-0.39, 0.29) is 18.0 Å². The third-order valence-corrected chi connectivity index (χ3v) is 2.87. The number of piperidine rings is 1. The van der Waals surface area contributed by atoms with Crippen molar-refractivity contribution in [3.8, 4) is 6.07 Å². The zero-order valence-corrected chi connectivity index (χ0v) is 10.5. The topological polar surface area (TPSA) is 35.8 Å². The van der Waals surface area contributed by atoms with Crippen LogP contribution in [0.5, 0.6) is 0 Å². The molecule has 2 nitrogen and oxygen atoms in total. The molecule has 1 aromatic rings. The van der Waals surface area contributed by atoms with E-state index in [1.165, 1.54) is 12.1 Å². The highest BCUT2D eigenvalue weighted by atomic mass is 35.5. The Morgan fingerprint density at radius 1 is 1.22 bits per heavy atom. The van der Waals surface area contributed by atoms with Gasteiger partial charge in [-0.3, -0.25) is 0 Å². The van der Waals surface area contributed by atoms with E-state index in [1.807, 2.05) is 6.07 Å². The molecule has 0 aromatic heterocycles. The van der Waals surface area contributed by atoms with E-state index in [0.29, 0.717) is 5.57 Å². The van der Waals surface area contributed by atoms with E-state index in [4.69, 9.17) is 5.26 Å². The number of allylic oxidation sites excluding steroid dienone is 1. The molecule has 0 aliphatic carbocycles. The monoisotopic (exact) mass is 270 g/mol. The van der Waals surface area contributed by atoms with Crippen molar-refractivity contribution in [1.82, 2.24) is 5.32 Å². The molecule has 0 atom stereocenters. The number of rotatable bonds is 1. The SMILES string of the molecule is Cl.N#CC(=C1CCNCC1)c1ccc(F)cc1F. The highest BCUT2D eigenvalue weighted by Gasteiger charge is 2.15. The van der Waals surface area contributed by atoms with E-state index < -0.39 is 11.6 Å². The molecular weight excluding hydrogens is 258 g/mol. The van der Waals surface area contributed by atoms with Gasteiger partial charge in [0.1, 0.15) is 11.6 Å². The van der Waals surface area contributed by atoms with Crippen molar-refractivity contribution >= 4 is 18.0 Å². The minimum Gasteiger partial charge on any atom is -0.316 e. The number of nitriles is 1. The predicted molar refractivity (Wildman–Crippen MR) is 68.2 cm³/mol. The third kappa shape index (κ3) is 3.06. The zero-order chi connectivity index (χ0) is 12.3. The average Bonchev–Trinajstić information content (AvgIpc) is 2.34. The summed E-state index contributed by atoms with van der Waals surface area (Å²) < 4.78 is 26.4. The molecule has 1 aromatic carbocycles. The van der Waals surface area contributed by atoms with E-state index in [9.17, 15) is 8.78 Å². The summed E-state index contributed by atoms with van der Waals surface area (Å²) in [4.78, 5) is 0. The normalized spacial score (nSPS) is 14.6. The summed E-state index contributed by atoms with van der Waals surface area (Å²) in [5.41, 5.74) is 1.49. The Hall–Kier alpha value is -1.44. The number of hydrogen-bond acceptors (Lipinski definition) is 2. The molecular formula is C13H13ClF2N2. The zero-order valence-electron chi connectivity index (χ0n) is 9.67. The Morgan fingerprint density at radius 3 is 2.44 bits per heavy atom. The molecule has 0 saturated carbocycles. The lowest BCUT2D eigenvalue weighted by atomic mass is 9.94. The molecule has 1 saturated heterocycles. The molecule has 1 heterocycles. The Morgan fingerprint density at radius 2 is 1.89 bits per heavy atom. The maximum atomic E-state index is 13.6. The number of nitrogens with one attached hydrogen (secondary N) is 1. The lowest BCUT2D eigenvalue weighted by Crippen LogP contribution is -2.23. The van der Waals surface area contributed by atoms with Crippen LogP contribution in [-0.2, 0) is 0 Å². The van der Waals surface area contributed by atoms with Gasteiger partial charge in [0.05, 0.1) is 11.6 Å². The third-order valence-electron chi connectivity index (χ3n) is 2.87. The second kappa shape index (κ2) is 6.48. The minimum absolute atomic E-state index is 0. The summed E-state index contributed by atoms with van der Waals surface area (Å²) in [6.07, 6.45) is 1.47. The van der Waals surface area contributed by atoms with Gasteiger partial charge in [-0.15, -0.1) is 12.4 Å². The predicted octanol–water partition coefficient (Wildman–Crippen LogP) is 3.05. The van der Waals surface area contributed by atoms with Gasteiger partial charge >= 0.3 is 0 Å². The molecule has 0 bridgehead atoms. The van der Waals surface area contributed by atoms with Crippen molar-refractivity contribution in [3.05, 3.63) is 41.0 Å². The first-order valence-corrected chi connectivity index (χ1v) is 5.50. The first-order chi connectivity index (χ1) is 8.22. The molecule has 2 rings (SSSR count). The van der Waals surface area contributed by atoms with Crippen LogP contribution in [0, 0.1) is 23.0 Å². The largest absolute Gasteiger partial charge is 0.316 e. The highest BCUT2D eigenvalue weighted by molar-refractivity contribution is 5.85. The van der Waals surface area contributed by atoms with Crippen LogP contribution in [0.3, 0.4) is 0 Å². The summed E-state index contributed by atoms with van der Waals surface area (Å²) in [6, 6.07) is 5.36. The van der Waals surface area contributed by atoms with Gasteiger partial charge in [0.15, 0.2) is 0 Å². The minimum atomic E-state index is -0.674. The standard InChI is InChI=1S/C13H12F2N2.ClH/c14-10-1-2-11(13(15)7-10)12(8-16)9-3-5-17-6-4-9;/h1-2,7,17H,3-6H2;1H. The second-order valence-corrected chi connectivity index (χ2v) is 3.96. The molecule has 0 unspecified atom stereocenters. The van der Waals surface area contributed by atoms with Gasteiger partial charge in [-0.25, -0.2) is 8.78 Å². The molecule has 0 radical (unpaired) electrons. The van der Waals surface area contributed by atoms with Crippen molar-refractivity contribution < 1.29 is 8.78 Å². The molecule has 0 amide bonds. The van der Waals surface area contributed by atoms with Crippen molar-refractivity contribution in [2.45, 2.75) is 12.8 Å². The molecule has 18 heavy (non-hydrogen) atoms. The lowest BCUT2D eigenvalue weighted by Gasteiger charge is -2.17. The van der Waals surface area contributed by atoms with Crippen LogP contribution < -0.4 is 5.32 Å². The van der Waals surface area contributed by atoms with Crippen LogP contribution in [0.1, 0.15) is 18.4 Å². The van der Waals surface area contributed by atoms with E-state index in [0.717, 1.165) is 37.6 Å². The lowest BCUT2D eigenvalue weighted by molar-refractivity contribution is 0.579. The van der Waals surface area contributed by atoms with Gasteiger partial charge < -0.3 is 5.32 Å². The average molecular weight is 271 g/mol. The van der Waals surface area contributed by atoms with Crippen LogP contribution >= 0.6 is 12.4 Å². The van der Waals surface area contributed by atoms with Crippen molar-refractivity contribution in [1.29, 1.82) is 5.26 Å². The number of benzene rings is 1. The summed E-state index contributed by atoms with van der Waals surface area (Å²) in [6.45, 7) is 1.59. The first-order valence-electron chi connectivity index (χ1n) is 5.50. The van der Waals surface area contributed by atoms with Gasteiger partial charge in [-0.05, 0) is 43.6 Å². The molecule has 1 aliphatic rings. The summed E-state index contributed by atoms with van der Waals surface area (Å²) >= 11 is 0. The first kappa shape index (κ1) is 14.6. The molecule has 1 N–H and O–H groups in total. The van der Waals surface area contributed by atoms with Crippen LogP contribution in [0.2, 0.25) is 0 Å². The summed E-state index contributed by atoms with van der Waals surface area (Å²) in [5, 5.41) is 12.3. The van der Waals surface area contributed by atoms with Crippen LogP contribution in [0.25, 0.3) is 5.57 Å². The Labute approximate surface area is 111 Å². The molecule has 1 aliphatic heterocycles. The maximum Gasteiger partial charge on any atom is 0.134 e. The maximum absolute atomic E-state index is 13.6. The van der Waals surface area contributed by atoms with Gasteiger partial charge in [0, 0.05) is 11.6 Å². The Kier molecular flexibility index (Phi) is 5.26. The fraction of sp³-hybridized carbons (Fsp3) is 0.308. The number of nitrogens with zero attached hydrogens (tertiary/aromatic N) is 1. The van der Waals surface area contributed by atoms with Crippen LogP contribution in [-0.4, -0.2) is 13.1 Å². The fourth-order valence-electron chi connectivity index (χ4n) is 2.00. The molecule has 96 valence electrons. The highest BCUT2D eigenvalue weighted by Crippen LogP contribution is 2.26. The fourth-order valence-corrected chi connectivity index (χ4v) is 2.00. The van der Waals surface area contributed by atoms with Crippen molar-refractivity contribution in [2.24, 2.45) is 0 Å². The molecule has 1 fully saturated rings. The van der Waals surface area contributed by atoms with E-state index >= 15 is 0 Å². The van der Waals surface area contributed by atoms with E-state index in [1.54, 1.807) is 0 Å². The van der Waals surface area contributed by atoms with E-state index in [2.05, 4.69) is 5.32 Å².